The number of nitrogens with zero attached hydrogens (tertiary/aromatic N) is 1. The molecule has 5 rings (SSSR count). The molecule has 2 aromatic carbocycles. The Morgan fingerprint density at radius 1 is 0.844 bits per heavy atom. The molecule has 4 atom stereocenters. The Kier molecular flexibility index (Phi) is 5.51. The van der Waals surface area contributed by atoms with Crippen LogP contribution in [-0.2, 0) is 20.9 Å². The minimum absolute atomic E-state index is 0.107. The predicted molar refractivity (Wildman–Crippen MR) is 117 cm³/mol. The van der Waals surface area contributed by atoms with Gasteiger partial charge in [-0.25, -0.2) is 4.90 Å². The lowest BCUT2D eigenvalue weighted by Crippen LogP contribution is -2.34. The van der Waals surface area contributed by atoms with Crippen LogP contribution in [0.15, 0.2) is 42.5 Å². The first kappa shape index (κ1) is 20.8. The van der Waals surface area contributed by atoms with Crippen LogP contribution in [0.25, 0.3) is 0 Å². The van der Waals surface area contributed by atoms with Gasteiger partial charge in [-0.05, 0) is 68.7 Å². The topological polar surface area (TPSA) is 74.3 Å². The maximum absolute atomic E-state index is 12.9. The summed E-state index contributed by atoms with van der Waals surface area (Å²) in [5, 5.41) is 0. The third-order valence-electron chi connectivity index (χ3n) is 6.39. The van der Waals surface area contributed by atoms with Crippen molar-refractivity contribution in [2.45, 2.75) is 45.5 Å². The van der Waals surface area contributed by atoms with Gasteiger partial charge in [0.2, 0.25) is 11.8 Å². The van der Waals surface area contributed by atoms with Gasteiger partial charge in [0.15, 0.2) is 11.5 Å². The monoisotopic (exact) mass is 437 g/mol. The highest BCUT2D eigenvalue weighted by Crippen LogP contribution is 2.49. The first-order chi connectivity index (χ1) is 15.6. The molecule has 2 bridgehead atoms. The van der Waals surface area contributed by atoms with E-state index in [1.54, 1.807) is 24.3 Å². The maximum atomic E-state index is 12.9. The summed E-state index contributed by atoms with van der Waals surface area (Å²) >= 11 is 0. The molecule has 2 aromatic rings. The molecular weight excluding hydrogens is 410 g/mol. The molecule has 32 heavy (non-hydrogen) atoms. The van der Waals surface area contributed by atoms with Gasteiger partial charge in [0.25, 0.3) is 0 Å². The Morgan fingerprint density at radius 2 is 1.47 bits per heavy atom. The molecule has 0 spiro atoms. The third-order valence-corrected chi connectivity index (χ3v) is 6.39. The van der Waals surface area contributed by atoms with Gasteiger partial charge in [0.1, 0.15) is 12.4 Å². The van der Waals surface area contributed by atoms with Gasteiger partial charge < -0.3 is 18.9 Å². The molecule has 0 N–H and O–H groups in total. The summed E-state index contributed by atoms with van der Waals surface area (Å²) in [5.41, 5.74) is 1.54. The van der Waals surface area contributed by atoms with E-state index in [2.05, 4.69) is 0 Å². The van der Waals surface area contributed by atoms with E-state index in [-0.39, 0.29) is 35.9 Å². The van der Waals surface area contributed by atoms with Crippen LogP contribution in [0.5, 0.6) is 17.2 Å². The van der Waals surface area contributed by atoms with Crippen LogP contribution in [0, 0.1) is 11.8 Å². The fourth-order valence-electron chi connectivity index (χ4n) is 5.01. The van der Waals surface area contributed by atoms with Crippen LogP contribution in [-0.4, -0.2) is 37.2 Å². The molecule has 3 aliphatic heterocycles. The lowest BCUT2D eigenvalue weighted by Gasteiger charge is -2.18. The van der Waals surface area contributed by atoms with Crippen molar-refractivity contribution in [3.8, 4) is 17.2 Å². The number of anilines is 1. The number of hydrogen-bond donors (Lipinski definition) is 0. The predicted octanol–water partition coefficient (Wildman–Crippen LogP) is 3.73. The molecule has 2 amide bonds. The zero-order valence-electron chi connectivity index (χ0n) is 18.3. The highest BCUT2D eigenvalue weighted by Gasteiger charge is 2.62. The molecule has 4 unspecified atom stereocenters. The molecule has 0 aromatic heterocycles. The molecule has 0 radical (unpaired) electrons. The van der Waals surface area contributed by atoms with Crippen molar-refractivity contribution in [3.05, 3.63) is 48.0 Å². The highest BCUT2D eigenvalue weighted by atomic mass is 16.5. The van der Waals surface area contributed by atoms with Crippen LogP contribution in [0.1, 0.15) is 32.3 Å². The van der Waals surface area contributed by atoms with Crippen molar-refractivity contribution in [1.82, 2.24) is 0 Å². The summed E-state index contributed by atoms with van der Waals surface area (Å²) in [4.78, 5) is 27.2. The summed E-state index contributed by atoms with van der Waals surface area (Å²) < 4.78 is 23.0. The molecule has 0 aliphatic carbocycles. The van der Waals surface area contributed by atoms with E-state index in [1.165, 1.54) is 4.90 Å². The van der Waals surface area contributed by atoms with Gasteiger partial charge in [0, 0.05) is 0 Å². The van der Waals surface area contributed by atoms with Crippen molar-refractivity contribution in [2.24, 2.45) is 11.8 Å². The van der Waals surface area contributed by atoms with Crippen LogP contribution in [0.3, 0.4) is 0 Å². The molecule has 3 saturated heterocycles. The maximum Gasteiger partial charge on any atom is 0.240 e. The minimum Gasteiger partial charge on any atom is -0.490 e. The first-order valence-electron chi connectivity index (χ1n) is 11.2. The Balaban J connectivity index is 1.25. The Morgan fingerprint density at radius 3 is 2.09 bits per heavy atom. The molecular formula is C25H27NO6. The number of carbonyl (C=O) groups is 2. The minimum atomic E-state index is -0.323. The number of benzene rings is 2. The average molecular weight is 437 g/mol. The van der Waals surface area contributed by atoms with Crippen LogP contribution in [0.2, 0.25) is 0 Å². The second kappa shape index (κ2) is 8.47. The van der Waals surface area contributed by atoms with E-state index in [0.29, 0.717) is 42.8 Å². The number of amides is 2. The number of fused-ring (bicyclic) bond motifs is 5. The average Bonchev–Trinajstić information content (AvgIpc) is 3.48. The molecule has 0 saturated carbocycles. The lowest BCUT2D eigenvalue weighted by molar-refractivity contribution is -0.124. The first-order valence-corrected chi connectivity index (χ1v) is 11.2. The summed E-state index contributed by atoms with van der Waals surface area (Å²) in [5.74, 6) is 1.14. The molecule has 3 heterocycles. The second-order valence-corrected chi connectivity index (χ2v) is 8.28. The smallest absolute Gasteiger partial charge is 0.240 e. The summed E-state index contributed by atoms with van der Waals surface area (Å²) in [6.07, 6.45) is 1.51. The van der Waals surface area contributed by atoms with Gasteiger partial charge in [-0.15, -0.1) is 0 Å². The van der Waals surface area contributed by atoms with Crippen LogP contribution in [0.4, 0.5) is 5.69 Å². The molecule has 168 valence electrons. The fraction of sp³-hybridized carbons (Fsp3) is 0.440. The van der Waals surface area contributed by atoms with Crippen LogP contribution >= 0.6 is 0 Å². The quantitative estimate of drug-likeness (QED) is 0.586. The van der Waals surface area contributed by atoms with Crippen molar-refractivity contribution < 1.29 is 28.5 Å². The number of imide groups is 1. The van der Waals surface area contributed by atoms with Crippen molar-refractivity contribution in [3.63, 3.8) is 0 Å². The molecule has 7 nitrogen and oxygen atoms in total. The number of ether oxygens (including phenoxy) is 4. The zero-order valence-corrected chi connectivity index (χ0v) is 18.3. The van der Waals surface area contributed by atoms with Crippen molar-refractivity contribution in [2.75, 3.05) is 18.1 Å². The summed E-state index contributed by atoms with van der Waals surface area (Å²) in [6, 6.07) is 12.8. The molecule has 3 aliphatic rings. The van der Waals surface area contributed by atoms with Crippen molar-refractivity contribution in [1.29, 1.82) is 0 Å². The number of rotatable bonds is 8. The van der Waals surface area contributed by atoms with E-state index in [9.17, 15) is 9.59 Å². The van der Waals surface area contributed by atoms with E-state index in [4.69, 9.17) is 18.9 Å². The Hall–Kier alpha value is -3.06. The number of hydrogen-bond acceptors (Lipinski definition) is 6. The standard InChI is InChI=1S/C25H27NO6/c1-3-29-18-10-5-15(13-21(18)30-4-2)14-31-17-8-6-16(7-9-17)26-24(27)22-19-11-12-20(32-19)23(22)25(26)28/h5-10,13,19-20,22-23H,3-4,11-12,14H2,1-2H3. The van der Waals surface area contributed by atoms with E-state index >= 15 is 0 Å². The second-order valence-electron chi connectivity index (χ2n) is 8.28. The van der Waals surface area contributed by atoms with Gasteiger partial charge in [-0.2, -0.15) is 0 Å². The van der Waals surface area contributed by atoms with Gasteiger partial charge in [0.05, 0.1) is 42.9 Å². The third kappa shape index (κ3) is 3.50. The van der Waals surface area contributed by atoms with Crippen molar-refractivity contribution >= 4 is 17.5 Å². The fourth-order valence-corrected chi connectivity index (χ4v) is 5.01. The van der Waals surface area contributed by atoms with E-state index < -0.39 is 0 Å². The summed E-state index contributed by atoms with van der Waals surface area (Å²) in [6.45, 7) is 5.35. The van der Waals surface area contributed by atoms with E-state index in [0.717, 1.165) is 18.4 Å². The lowest BCUT2D eigenvalue weighted by atomic mass is 9.81. The molecule has 7 heteroatoms. The van der Waals surface area contributed by atoms with Gasteiger partial charge in [-0.3, -0.25) is 9.59 Å². The normalized spacial score (nSPS) is 25.9. The Labute approximate surface area is 187 Å². The summed E-state index contributed by atoms with van der Waals surface area (Å²) in [7, 11) is 0. The van der Waals surface area contributed by atoms with Crippen LogP contribution < -0.4 is 19.1 Å². The highest BCUT2D eigenvalue weighted by molar-refractivity contribution is 6.22. The van der Waals surface area contributed by atoms with Gasteiger partial charge >= 0.3 is 0 Å². The van der Waals surface area contributed by atoms with Gasteiger partial charge in [-0.1, -0.05) is 6.07 Å². The number of carbonyl (C=O) groups excluding carboxylic acids is 2. The van der Waals surface area contributed by atoms with E-state index in [1.807, 2.05) is 32.0 Å². The largest absolute Gasteiger partial charge is 0.490 e. The molecule has 3 fully saturated rings. The zero-order chi connectivity index (χ0) is 22.2. The Bertz CT molecular complexity index is 992. The SMILES string of the molecule is CCOc1ccc(COc2ccc(N3C(=O)C4C5CCC(O5)C4C3=O)cc2)cc1OCC.